The van der Waals surface area contributed by atoms with Crippen LogP contribution in [-0.4, -0.2) is 55.4 Å². The third-order valence-electron chi connectivity index (χ3n) is 6.70. The minimum Gasteiger partial charge on any atom is -0.493 e. The van der Waals surface area contributed by atoms with E-state index in [1.807, 2.05) is 0 Å². The molecule has 0 fully saturated rings. The quantitative estimate of drug-likeness (QED) is 0.138. The fourth-order valence-electron chi connectivity index (χ4n) is 4.28. The molecule has 238 valence electrons. The van der Waals surface area contributed by atoms with E-state index in [0.29, 0.717) is 47.8 Å². The Bertz CT molecular complexity index is 1190. The van der Waals surface area contributed by atoms with E-state index in [4.69, 9.17) is 9.47 Å². The average Bonchev–Trinajstić information content (AvgIpc) is 2.98. The zero-order chi connectivity index (χ0) is 31.7. The number of nitrogens with one attached hydrogen (secondary N) is 2. The molecule has 0 unspecified atom stereocenters. The van der Waals surface area contributed by atoms with Crippen LogP contribution >= 0.6 is 0 Å². The Kier molecular flexibility index (Phi) is 15.4. The smallest absolute Gasteiger partial charge is 0.471 e. The molecular weight excluding hydrogens is 565 g/mol. The van der Waals surface area contributed by atoms with Crippen molar-refractivity contribution in [2.45, 2.75) is 84.2 Å². The van der Waals surface area contributed by atoms with Gasteiger partial charge in [-0.1, -0.05) is 52.4 Å². The van der Waals surface area contributed by atoms with Gasteiger partial charge < -0.3 is 25.2 Å². The fourth-order valence-corrected chi connectivity index (χ4v) is 4.28. The minimum atomic E-state index is -4.93. The fraction of sp³-hybridized carbons (Fsp3) is 0.531. The number of carboxylic acid groups (broad SMARTS) is 1. The maximum absolute atomic E-state index is 13.0. The van der Waals surface area contributed by atoms with E-state index in [0.717, 1.165) is 51.4 Å². The highest BCUT2D eigenvalue weighted by Crippen LogP contribution is 2.38. The van der Waals surface area contributed by atoms with Crippen LogP contribution in [0.2, 0.25) is 0 Å². The number of benzene rings is 2. The van der Waals surface area contributed by atoms with Gasteiger partial charge in [-0.25, -0.2) is 4.79 Å². The van der Waals surface area contributed by atoms with E-state index in [9.17, 15) is 32.7 Å². The van der Waals surface area contributed by atoms with Gasteiger partial charge >= 0.3 is 18.1 Å². The number of hydrogen-bond donors (Lipinski definition) is 3. The molecule has 0 aliphatic carbocycles. The minimum absolute atomic E-state index is 0.0645. The number of unbranched alkanes of at least 4 members (excludes halogenated alkanes) is 7. The molecule has 0 aliphatic heterocycles. The molecule has 0 aliphatic rings. The van der Waals surface area contributed by atoms with Crippen molar-refractivity contribution in [2.75, 3.05) is 26.3 Å². The predicted octanol–water partition coefficient (Wildman–Crippen LogP) is 7.16. The van der Waals surface area contributed by atoms with Crippen LogP contribution in [0.1, 0.15) is 98.8 Å². The van der Waals surface area contributed by atoms with Gasteiger partial charge in [0.15, 0.2) is 0 Å². The zero-order valence-corrected chi connectivity index (χ0v) is 25.0. The second-order valence-corrected chi connectivity index (χ2v) is 10.3. The third kappa shape index (κ3) is 12.6. The van der Waals surface area contributed by atoms with Gasteiger partial charge in [0, 0.05) is 29.8 Å². The van der Waals surface area contributed by atoms with Crippen LogP contribution in [0.25, 0.3) is 11.1 Å². The van der Waals surface area contributed by atoms with Gasteiger partial charge in [-0.15, -0.1) is 0 Å². The number of hydrogen-bond acceptors (Lipinski definition) is 5. The Labute approximate surface area is 251 Å². The molecule has 0 atom stereocenters. The Morgan fingerprint density at radius 3 is 1.67 bits per heavy atom. The maximum atomic E-state index is 13.0. The summed E-state index contributed by atoms with van der Waals surface area (Å²) in [5.74, 6) is -2.53. The Balaban J connectivity index is 2.24. The van der Waals surface area contributed by atoms with Crippen molar-refractivity contribution in [1.29, 1.82) is 0 Å². The molecule has 0 saturated heterocycles. The van der Waals surface area contributed by atoms with Crippen molar-refractivity contribution < 1.29 is 42.1 Å². The van der Waals surface area contributed by atoms with Gasteiger partial charge in [-0.05, 0) is 62.1 Å². The lowest BCUT2D eigenvalue weighted by molar-refractivity contribution is -0.173. The first-order valence-corrected chi connectivity index (χ1v) is 15.0. The van der Waals surface area contributed by atoms with Gasteiger partial charge in [0.25, 0.3) is 5.91 Å². The standard InChI is InChI=1S/C32H43F3N2O6/c1-3-5-7-11-19-42-27-15-13-23(29(38)36-17-9-10-18-37-31(41)32(33,34)35)21-25(27)26-22-24(30(39)40)14-16-28(26)43-20-12-8-6-4-2/h13-16,21-22H,3-12,17-20H2,1-2H3,(H,36,38)(H,37,41)(H,39,40). The Morgan fingerprint density at radius 2 is 1.19 bits per heavy atom. The lowest BCUT2D eigenvalue weighted by Crippen LogP contribution is -2.37. The lowest BCUT2D eigenvalue weighted by atomic mass is 9.98. The molecule has 2 aromatic carbocycles. The normalized spacial score (nSPS) is 11.2. The van der Waals surface area contributed by atoms with Gasteiger partial charge in [-0.2, -0.15) is 13.2 Å². The molecule has 0 aromatic heterocycles. The number of ether oxygens (including phenoxy) is 2. The highest BCUT2D eigenvalue weighted by atomic mass is 19.4. The van der Waals surface area contributed by atoms with E-state index in [1.54, 1.807) is 29.6 Å². The zero-order valence-electron chi connectivity index (χ0n) is 25.0. The molecule has 3 N–H and O–H groups in total. The number of carbonyl (C=O) groups is 3. The van der Waals surface area contributed by atoms with E-state index in [2.05, 4.69) is 19.2 Å². The van der Waals surface area contributed by atoms with E-state index in [-0.39, 0.29) is 25.1 Å². The number of halogens is 3. The molecule has 2 rings (SSSR count). The molecule has 11 heteroatoms. The largest absolute Gasteiger partial charge is 0.493 e. The highest BCUT2D eigenvalue weighted by molar-refractivity contribution is 5.97. The Hall–Kier alpha value is -3.76. The summed E-state index contributed by atoms with van der Waals surface area (Å²) >= 11 is 0. The summed E-state index contributed by atoms with van der Waals surface area (Å²) in [6, 6.07) is 9.52. The number of alkyl halides is 3. The summed E-state index contributed by atoms with van der Waals surface area (Å²) in [4.78, 5) is 35.7. The number of carboxylic acids is 1. The second kappa shape index (κ2) is 18.7. The van der Waals surface area contributed by atoms with E-state index < -0.39 is 24.0 Å². The summed E-state index contributed by atoms with van der Waals surface area (Å²) in [6.07, 6.45) is 3.71. The van der Waals surface area contributed by atoms with E-state index >= 15 is 0 Å². The molecular formula is C32H43F3N2O6. The molecule has 0 radical (unpaired) electrons. The topological polar surface area (TPSA) is 114 Å². The van der Waals surface area contributed by atoms with Crippen molar-refractivity contribution >= 4 is 17.8 Å². The molecule has 2 amide bonds. The molecule has 2 aromatic rings. The van der Waals surface area contributed by atoms with E-state index in [1.165, 1.54) is 12.1 Å². The highest BCUT2D eigenvalue weighted by Gasteiger charge is 2.38. The second-order valence-electron chi connectivity index (χ2n) is 10.3. The van der Waals surface area contributed by atoms with Crippen LogP contribution < -0.4 is 20.1 Å². The molecule has 0 spiro atoms. The monoisotopic (exact) mass is 608 g/mol. The first-order chi connectivity index (χ1) is 20.6. The van der Waals surface area contributed by atoms with Crippen LogP contribution in [0.5, 0.6) is 11.5 Å². The van der Waals surface area contributed by atoms with Crippen LogP contribution in [0.3, 0.4) is 0 Å². The summed E-state index contributed by atoms with van der Waals surface area (Å²) in [7, 11) is 0. The molecule has 8 nitrogen and oxygen atoms in total. The van der Waals surface area contributed by atoms with Crippen LogP contribution in [-0.2, 0) is 4.79 Å². The number of aromatic carboxylic acids is 1. The van der Waals surface area contributed by atoms with Crippen molar-refractivity contribution in [2.24, 2.45) is 0 Å². The summed E-state index contributed by atoms with van der Waals surface area (Å²) < 4.78 is 49.1. The summed E-state index contributed by atoms with van der Waals surface area (Å²) in [5, 5.41) is 14.2. The summed E-state index contributed by atoms with van der Waals surface area (Å²) in [5.41, 5.74) is 1.38. The van der Waals surface area contributed by atoms with Crippen LogP contribution in [0.15, 0.2) is 36.4 Å². The molecule has 43 heavy (non-hydrogen) atoms. The van der Waals surface area contributed by atoms with Crippen LogP contribution in [0, 0.1) is 0 Å². The number of carbonyl (C=O) groups excluding carboxylic acids is 2. The first kappa shape index (κ1) is 35.4. The Morgan fingerprint density at radius 1 is 0.698 bits per heavy atom. The lowest BCUT2D eigenvalue weighted by Gasteiger charge is -2.17. The number of amides is 2. The van der Waals surface area contributed by atoms with Gasteiger partial charge in [0.05, 0.1) is 18.8 Å². The average molecular weight is 609 g/mol. The summed E-state index contributed by atoms with van der Waals surface area (Å²) in [6.45, 7) is 5.17. The van der Waals surface area contributed by atoms with Crippen LogP contribution in [0.4, 0.5) is 13.2 Å². The van der Waals surface area contributed by atoms with Gasteiger partial charge in [0.2, 0.25) is 0 Å². The predicted molar refractivity (Wildman–Crippen MR) is 159 cm³/mol. The van der Waals surface area contributed by atoms with Crippen molar-refractivity contribution in [3.05, 3.63) is 47.5 Å². The number of rotatable bonds is 20. The van der Waals surface area contributed by atoms with Gasteiger partial charge in [-0.3, -0.25) is 9.59 Å². The van der Waals surface area contributed by atoms with Crippen molar-refractivity contribution in [3.8, 4) is 22.6 Å². The maximum Gasteiger partial charge on any atom is 0.471 e. The first-order valence-electron chi connectivity index (χ1n) is 15.0. The molecule has 0 bridgehead atoms. The molecule has 0 heterocycles. The molecule has 0 saturated carbocycles. The third-order valence-corrected chi connectivity index (χ3v) is 6.70. The SMILES string of the molecule is CCCCCCOc1ccc(C(=O)O)cc1-c1cc(C(=O)NCCCCNC(=O)C(F)(F)F)ccc1OCCCCCC. The van der Waals surface area contributed by atoms with Crippen molar-refractivity contribution in [3.63, 3.8) is 0 Å². The van der Waals surface area contributed by atoms with Gasteiger partial charge in [0.1, 0.15) is 11.5 Å². The van der Waals surface area contributed by atoms with Crippen molar-refractivity contribution in [1.82, 2.24) is 10.6 Å².